The minimum Gasteiger partial charge on any atom is -0.495 e. The van der Waals surface area contributed by atoms with Crippen LogP contribution in [0.4, 0.5) is 10.1 Å². The predicted octanol–water partition coefficient (Wildman–Crippen LogP) is 2.64. The molecule has 16 heavy (non-hydrogen) atoms. The molecule has 6 heteroatoms. The van der Waals surface area contributed by atoms with E-state index < -0.39 is 0 Å². The minimum absolute atomic E-state index is 0.444. The molecule has 0 bridgehead atoms. The molecule has 0 saturated heterocycles. The standard InChI is InChI=1S/C10H10ClN3OS/c1-15-7-3-2-5(4-6(7)11)8-9(12)16-10(13)14-8/h2-4H,12H2,1H3,(H2,13,14). The summed E-state index contributed by atoms with van der Waals surface area (Å²) in [5.74, 6) is 0.618. The van der Waals surface area contributed by atoms with Crippen LogP contribution in [0, 0.1) is 0 Å². The third-order valence-electron chi connectivity index (χ3n) is 2.10. The van der Waals surface area contributed by atoms with Crippen LogP contribution in [0.1, 0.15) is 0 Å². The molecule has 2 aromatic rings. The molecule has 2 rings (SSSR count). The highest BCUT2D eigenvalue weighted by atomic mass is 35.5. The Bertz CT molecular complexity index is 527. The molecule has 0 aliphatic rings. The summed E-state index contributed by atoms with van der Waals surface area (Å²) in [5, 5.41) is 1.55. The van der Waals surface area contributed by atoms with E-state index in [9.17, 15) is 0 Å². The molecule has 84 valence electrons. The normalized spacial score (nSPS) is 10.4. The summed E-state index contributed by atoms with van der Waals surface area (Å²) in [6.07, 6.45) is 0. The zero-order valence-corrected chi connectivity index (χ0v) is 10.1. The molecule has 0 amide bonds. The molecule has 0 aliphatic heterocycles. The van der Waals surface area contributed by atoms with E-state index in [0.29, 0.717) is 26.6 Å². The Kier molecular flexibility index (Phi) is 2.89. The fourth-order valence-corrected chi connectivity index (χ4v) is 2.25. The number of anilines is 2. The predicted molar refractivity (Wildman–Crippen MR) is 67.9 cm³/mol. The van der Waals surface area contributed by atoms with E-state index in [1.807, 2.05) is 6.07 Å². The highest BCUT2D eigenvalue weighted by Gasteiger charge is 2.10. The maximum Gasteiger partial charge on any atom is 0.182 e. The lowest BCUT2D eigenvalue weighted by Gasteiger charge is -2.04. The van der Waals surface area contributed by atoms with E-state index in [0.717, 1.165) is 5.56 Å². The van der Waals surface area contributed by atoms with Crippen molar-refractivity contribution in [1.82, 2.24) is 4.98 Å². The first kappa shape index (κ1) is 11.0. The Morgan fingerprint density at radius 1 is 1.38 bits per heavy atom. The van der Waals surface area contributed by atoms with Gasteiger partial charge in [-0.3, -0.25) is 0 Å². The van der Waals surface area contributed by atoms with Crippen LogP contribution in [0.2, 0.25) is 5.02 Å². The van der Waals surface area contributed by atoms with Crippen molar-refractivity contribution in [3.63, 3.8) is 0 Å². The quantitative estimate of drug-likeness (QED) is 0.865. The fraction of sp³-hybridized carbons (Fsp3) is 0.100. The number of nitrogens with zero attached hydrogens (tertiary/aromatic N) is 1. The first-order valence-electron chi connectivity index (χ1n) is 4.47. The fourth-order valence-electron chi connectivity index (χ4n) is 1.37. The second-order valence-corrected chi connectivity index (χ2v) is 4.58. The molecule has 0 aliphatic carbocycles. The summed E-state index contributed by atoms with van der Waals surface area (Å²) in [7, 11) is 1.57. The largest absolute Gasteiger partial charge is 0.495 e. The van der Waals surface area contributed by atoms with Crippen molar-refractivity contribution in [2.75, 3.05) is 18.6 Å². The van der Waals surface area contributed by atoms with Gasteiger partial charge in [-0.1, -0.05) is 22.9 Å². The van der Waals surface area contributed by atoms with Crippen LogP contribution in [-0.2, 0) is 0 Å². The van der Waals surface area contributed by atoms with Crippen molar-refractivity contribution in [2.24, 2.45) is 0 Å². The molecule has 0 unspecified atom stereocenters. The van der Waals surface area contributed by atoms with E-state index in [1.54, 1.807) is 19.2 Å². The summed E-state index contributed by atoms with van der Waals surface area (Å²) in [6.45, 7) is 0. The Balaban J connectivity index is 2.49. The third kappa shape index (κ3) is 1.91. The topological polar surface area (TPSA) is 74.2 Å². The number of thiazole rings is 1. The molecule has 0 radical (unpaired) electrons. The first-order valence-corrected chi connectivity index (χ1v) is 5.67. The molecule has 1 aromatic heterocycles. The number of rotatable bonds is 2. The van der Waals surface area contributed by atoms with Crippen molar-refractivity contribution in [3.8, 4) is 17.0 Å². The Labute approximate surface area is 102 Å². The van der Waals surface area contributed by atoms with Gasteiger partial charge in [0.1, 0.15) is 16.4 Å². The van der Waals surface area contributed by atoms with E-state index in [4.69, 9.17) is 27.8 Å². The molecule has 0 saturated carbocycles. The zero-order chi connectivity index (χ0) is 11.7. The number of aromatic nitrogens is 1. The first-order chi connectivity index (χ1) is 7.61. The van der Waals surface area contributed by atoms with Crippen LogP contribution in [0.25, 0.3) is 11.3 Å². The highest BCUT2D eigenvalue weighted by Crippen LogP contribution is 2.35. The van der Waals surface area contributed by atoms with Gasteiger partial charge in [-0.05, 0) is 18.2 Å². The summed E-state index contributed by atoms with van der Waals surface area (Å²) in [5.41, 5.74) is 12.9. The number of methoxy groups -OCH3 is 1. The number of benzene rings is 1. The Morgan fingerprint density at radius 3 is 2.62 bits per heavy atom. The van der Waals surface area contributed by atoms with Gasteiger partial charge in [-0.2, -0.15) is 0 Å². The lowest BCUT2D eigenvalue weighted by Crippen LogP contribution is -1.88. The van der Waals surface area contributed by atoms with Crippen molar-refractivity contribution in [2.45, 2.75) is 0 Å². The van der Waals surface area contributed by atoms with Gasteiger partial charge in [0.15, 0.2) is 5.13 Å². The number of hydrogen-bond donors (Lipinski definition) is 2. The van der Waals surface area contributed by atoms with Crippen LogP contribution in [0.3, 0.4) is 0 Å². The molecular formula is C10H10ClN3OS. The average molecular weight is 256 g/mol. The number of nitrogen functional groups attached to an aromatic ring is 2. The lowest BCUT2D eigenvalue weighted by atomic mass is 10.1. The van der Waals surface area contributed by atoms with E-state index in [1.165, 1.54) is 11.3 Å². The molecule has 4 nitrogen and oxygen atoms in total. The van der Waals surface area contributed by atoms with Gasteiger partial charge in [-0.25, -0.2) is 4.98 Å². The van der Waals surface area contributed by atoms with Gasteiger partial charge in [0.05, 0.1) is 12.1 Å². The van der Waals surface area contributed by atoms with Crippen LogP contribution < -0.4 is 16.2 Å². The lowest BCUT2D eigenvalue weighted by molar-refractivity contribution is 0.415. The zero-order valence-electron chi connectivity index (χ0n) is 8.53. The highest BCUT2D eigenvalue weighted by molar-refractivity contribution is 7.19. The molecule has 0 spiro atoms. The van der Waals surface area contributed by atoms with E-state index in [-0.39, 0.29) is 0 Å². The van der Waals surface area contributed by atoms with Gasteiger partial charge in [0.2, 0.25) is 0 Å². The molecule has 0 fully saturated rings. The molecule has 0 atom stereocenters. The van der Waals surface area contributed by atoms with Crippen molar-refractivity contribution in [3.05, 3.63) is 23.2 Å². The van der Waals surface area contributed by atoms with Gasteiger partial charge >= 0.3 is 0 Å². The van der Waals surface area contributed by atoms with Crippen LogP contribution >= 0.6 is 22.9 Å². The second kappa shape index (κ2) is 4.19. The summed E-state index contributed by atoms with van der Waals surface area (Å²) in [6, 6.07) is 5.37. The van der Waals surface area contributed by atoms with Gasteiger partial charge in [-0.15, -0.1) is 0 Å². The third-order valence-corrected chi connectivity index (χ3v) is 3.10. The van der Waals surface area contributed by atoms with Gasteiger partial charge < -0.3 is 16.2 Å². The number of halogens is 1. The minimum atomic E-state index is 0.444. The second-order valence-electron chi connectivity index (χ2n) is 3.11. The number of hydrogen-bond acceptors (Lipinski definition) is 5. The molecule has 4 N–H and O–H groups in total. The van der Waals surface area contributed by atoms with Crippen molar-refractivity contribution in [1.29, 1.82) is 0 Å². The molecular weight excluding hydrogens is 246 g/mol. The maximum absolute atomic E-state index is 6.02. The van der Waals surface area contributed by atoms with Crippen molar-refractivity contribution >= 4 is 33.1 Å². The van der Waals surface area contributed by atoms with E-state index in [2.05, 4.69) is 4.98 Å². The Hall–Kier alpha value is -1.46. The monoisotopic (exact) mass is 255 g/mol. The molecule has 1 aromatic carbocycles. The van der Waals surface area contributed by atoms with Gasteiger partial charge in [0.25, 0.3) is 0 Å². The maximum atomic E-state index is 6.02. The van der Waals surface area contributed by atoms with Gasteiger partial charge in [0, 0.05) is 5.56 Å². The number of nitrogens with two attached hydrogens (primary N) is 2. The van der Waals surface area contributed by atoms with E-state index >= 15 is 0 Å². The SMILES string of the molecule is COc1ccc(-c2nc(N)sc2N)cc1Cl. The summed E-state index contributed by atoms with van der Waals surface area (Å²) < 4.78 is 5.07. The van der Waals surface area contributed by atoms with Crippen LogP contribution in [0.5, 0.6) is 5.75 Å². The summed E-state index contributed by atoms with van der Waals surface area (Å²) in [4.78, 5) is 4.15. The van der Waals surface area contributed by atoms with Crippen molar-refractivity contribution < 1.29 is 4.74 Å². The number of ether oxygens (including phenoxy) is 1. The van der Waals surface area contributed by atoms with Crippen LogP contribution in [0.15, 0.2) is 18.2 Å². The summed E-state index contributed by atoms with van der Waals surface area (Å²) >= 11 is 7.27. The van der Waals surface area contributed by atoms with Crippen LogP contribution in [-0.4, -0.2) is 12.1 Å². The Morgan fingerprint density at radius 2 is 2.12 bits per heavy atom. The smallest absolute Gasteiger partial charge is 0.182 e. The molecule has 1 heterocycles. The average Bonchev–Trinajstić information content (AvgIpc) is 2.58.